The summed E-state index contributed by atoms with van der Waals surface area (Å²) >= 11 is 0. The molecule has 0 fully saturated rings. The maximum absolute atomic E-state index is 14.1. The summed E-state index contributed by atoms with van der Waals surface area (Å²) in [6.07, 6.45) is -0.998. The van der Waals surface area contributed by atoms with Crippen LogP contribution in [0.5, 0.6) is 5.75 Å². The molecule has 0 spiro atoms. The molecular formula is C28H36N5O6P. The van der Waals surface area contributed by atoms with E-state index in [1.165, 1.54) is 0 Å². The van der Waals surface area contributed by atoms with E-state index in [0.717, 1.165) is 16.4 Å². The molecule has 0 bridgehead atoms. The van der Waals surface area contributed by atoms with Gasteiger partial charge in [-0.25, -0.2) is 14.5 Å². The zero-order valence-corrected chi connectivity index (χ0v) is 24.3. The van der Waals surface area contributed by atoms with E-state index in [-0.39, 0.29) is 19.3 Å². The van der Waals surface area contributed by atoms with Crippen molar-refractivity contribution in [2.45, 2.75) is 66.0 Å². The lowest BCUT2D eigenvalue weighted by Gasteiger charge is -2.26. The summed E-state index contributed by atoms with van der Waals surface area (Å²) in [5.74, 6) is 0.677. The molecule has 2 aromatic heterocycles. The number of fused-ring (bicyclic) bond motifs is 3. The van der Waals surface area contributed by atoms with Crippen molar-refractivity contribution in [3.63, 3.8) is 0 Å². The van der Waals surface area contributed by atoms with Crippen molar-refractivity contribution in [2.24, 2.45) is 0 Å². The normalized spacial score (nSPS) is 14.8. The van der Waals surface area contributed by atoms with Crippen molar-refractivity contribution < 1.29 is 27.9 Å². The molecular weight excluding hydrogens is 533 g/mol. The van der Waals surface area contributed by atoms with Gasteiger partial charge in [0, 0.05) is 12.0 Å². The number of nitrogen functional groups attached to an aromatic ring is 1. The fraction of sp³-hybridized carbons (Fsp3) is 0.393. The summed E-state index contributed by atoms with van der Waals surface area (Å²) < 4.78 is 38.9. The second kappa shape index (κ2) is 12.8. The standard InChI is InChI=1S/C28H36N5O6P/c1-6-36-17-24-31-25-26(22-14-10-11-15-23(22)30-27(25)29)33(24)16-19(4)38-40(35,39-21-12-8-7-9-13-21)32-20(5)28(34)37-18(2)3/h7-15,18-20H,6,16-17H2,1-5H3,(H2,29,30)(H,32,35)/t19-,20+,40-/m0/s1. The number of hydrogen-bond acceptors (Lipinski definition) is 9. The SMILES string of the molecule is CCOCc1nc2c(N)nc3ccccc3c2n1C[C@H](C)O[P@@](=O)(N[C@H](C)C(=O)OC(C)C)Oc1ccccc1. The van der Waals surface area contributed by atoms with Gasteiger partial charge in [-0.3, -0.25) is 9.32 Å². The van der Waals surface area contributed by atoms with Gasteiger partial charge in [-0.15, -0.1) is 0 Å². The zero-order valence-electron chi connectivity index (χ0n) is 23.4. The summed E-state index contributed by atoms with van der Waals surface area (Å²) in [7, 11) is -4.08. The predicted octanol–water partition coefficient (Wildman–Crippen LogP) is 5.23. The zero-order chi connectivity index (χ0) is 28.9. The molecule has 0 aliphatic heterocycles. The van der Waals surface area contributed by atoms with Gasteiger partial charge in [0.2, 0.25) is 0 Å². The minimum atomic E-state index is -4.08. The average Bonchev–Trinajstić information content (AvgIpc) is 3.26. The van der Waals surface area contributed by atoms with Crippen LogP contribution >= 0.6 is 7.75 Å². The molecule has 0 aliphatic carbocycles. The number of carbonyl (C=O) groups is 1. The van der Waals surface area contributed by atoms with Crippen molar-refractivity contribution in [3.8, 4) is 5.75 Å². The van der Waals surface area contributed by atoms with Crippen LogP contribution in [0.25, 0.3) is 21.9 Å². The van der Waals surface area contributed by atoms with E-state index >= 15 is 0 Å². The number of aromatic nitrogens is 3. The molecule has 3 N–H and O–H groups in total. The van der Waals surface area contributed by atoms with Crippen molar-refractivity contribution in [2.75, 3.05) is 12.3 Å². The predicted molar refractivity (Wildman–Crippen MR) is 154 cm³/mol. The lowest BCUT2D eigenvalue weighted by atomic mass is 10.2. The fourth-order valence-electron chi connectivity index (χ4n) is 4.26. The van der Waals surface area contributed by atoms with Crippen molar-refractivity contribution in [1.29, 1.82) is 0 Å². The van der Waals surface area contributed by atoms with Crippen LogP contribution < -0.4 is 15.3 Å². The lowest BCUT2D eigenvalue weighted by Crippen LogP contribution is -2.37. The van der Waals surface area contributed by atoms with E-state index in [2.05, 4.69) is 10.1 Å². The molecule has 11 nitrogen and oxygen atoms in total. The maximum atomic E-state index is 14.1. The number of imidazole rings is 1. The summed E-state index contributed by atoms with van der Waals surface area (Å²) in [4.78, 5) is 21.8. The molecule has 12 heteroatoms. The molecule has 0 unspecified atom stereocenters. The minimum Gasteiger partial charge on any atom is -0.462 e. The Labute approximate surface area is 233 Å². The number of para-hydroxylation sites is 2. The van der Waals surface area contributed by atoms with Gasteiger partial charge in [-0.1, -0.05) is 36.4 Å². The first kappa shape index (κ1) is 29.5. The van der Waals surface area contributed by atoms with Gasteiger partial charge in [-0.05, 0) is 52.8 Å². The van der Waals surface area contributed by atoms with Crippen LogP contribution in [-0.4, -0.2) is 45.4 Å². The van der Waals surface area contributed by atoms with E-state index in [4.69, 9.17) is 29.2 Å². The van der Waals surface area contributed by atoms with Crippen LogP contribution in [0.2, 0.25) is 0 Å². The molecule has 0 saturated heterocycles. The minimum absolute atomic E-state index is 0.236. The Hall–Kier alpha value is -3.50. The highest BCUT2D eigenvalue weighted by atomic mass is 31.2. The van der Waals surface area contributed by atoms with Gasteiger partial charge in [-0.2, -0.15) is 5.09 Å². The van der Waals surface area contributed by atoms with Crippen LogP contribution in [0.1, 0.15) is 40.4 Å². The smallest absolute Gasteiger partial charge is 0.459 e. The molecule has 3 atom stereocenters. The molecule has 0 saturated carbocycles. The molecule has 0 amide bonds. The average molecular weight is 570 g/mol. The highest BCUT2D eigenvalue weighted by molar-refractivity contribution is 7.52. The molecule has 214 valence electrons. The maximum Gasteiger partial charge on any atom is 0.459 e. The fourth-order valence-corrected chi connectivity index (χ4v) is 5.93. The first-order valence-corrected chi connectivity index (χ1v) is 14.8. The summed E-state index contributed by atoms with van der Waals surface area (Å²) in [6.45, 7) is 9.67. The first-order valence-electron chi connectivity index (χ1n) is 13.2. The first-order chi connectivity index (χ1) is 19.1. The summed E-state index contributed by atoms with van der Waals surface area (Å²) in [5, 5.41) is 3.60. The van der Waals surface area contributed by atoms with Crippen molar-refractivity contribution >= 4 is 41.5 Å². The molecule has 4 rings (SSSR count). The van der Waals surface area contributed by atoms with Crippen LogP contribution in [0.15, 0.2) is 54.6 Å². The quantitative estimate of drug-likeness (QED) is 0.163. The third-order valence-electron chi connectivity index (χ3n) is 5.91. The van der Waals surface area contributed by atoms with E-state index < -0.39 is 25.9 Å². The number of nitrogens with two attached hydrogens (primary N) is 1. The van der Waals surface area contributed by atoms with E-state index in [9.17, 15) is 9.36 Å². The van der Waals surface area contributed by atoms with Gasteiger partial charge in [0.15, 0.2) is 5.82 Å². The van der Waals surface area contributed by atoms with Crippen LogP contribution in [0.3, 0.4) is 0 Å². The number of esters is 1. The Balaban J connectivity index is 1.68. The van der Waals surface area contributed by atoms with E-state index in [1.54, 1.807) is 52.0 Å². The van der Waals surface area contributed by atoms with E-state index in [1.807, 2.05) is 41.8 Å². The summed E-state index contributed by atoms with van der Waals surface area (Å²) in [6, 6.07) is 15.3. The van der Waals surface area contributed by atoms with Crippen molar-refractivity contribution in [3.05, 3.63) is 60.4 Å². The van der Waals surface area contributed by atoms with Crippen LogP contribution in [-0.2, 0) is 36.5 Å². The Morgan fingerprint density at radius 2 is 1.75 bits per heavy atom. The largest absolute Gasteiger partial charge is 0.462 e. The van der Waals surface area contributed by atoms with Crippen LogP contribution in [0.4, 0.5) is 5.82 Å². The monoisotopic (exact) mass is 569 g/mol. The number of carbonyl (C=O) groups excluding carboxylic acids is 1. The molecule has 2 aromatic carbocycles. The number of ether oxygens (including phenoxy) is 2. The van der Waals surface area contributed by atoms with Gasteiger partial charge >= 0.3 is 13.7 Å². The number of nitrogens with zero attached hydrogens (tertiary/aromatic N) is 3. The Bertz CT molecular complexity index is 1510. The third kappa shape index (κ3) is 6.98. The molecule has 4 aromatic rings. The van der Waals surface area contributed by atoms with E-state index in [0.29, 0.717) is 29.5 Å². The van der Waals surface area contributed by atoms with Crippen LogP contribution in [0, 0.1) is 0 Å². The number of rotatable bonds is 13. The number of benzene rings is 2. The number of anilines is 1. The second-order valence-corrected chi connectivity index (χ2v) is 11.3. The summed E-state index contributed by atoms with van der Waals surface area (Å²) in [5.41, 5.74) is 8.34. The number of nitrogens with one attached hydrogen (secondary N) is 1. The lowest BCUT2D eigenvalue weighted by molar-refractivity contribution is -0.149. The molecule has 2 heterocycles. The van der Waals surface area contributed by atoms with Gasteiger partial charge in [0.25, 0.3) is 0 Å². The molecule has 40 heavy (non-hydrogen) atoms. The van der Waals surface area contributed by atoms with Gasteiger partial charge in [0.1, 0.15) is 29.7 Å². The second-order valence-electron chi connectivity index (χ2n) is 9.64. The number of hydrogen-bond donors (Lipinski definition) is 2. The Morgan fingerprint density at radius 1 is 1.05 bits per heavy atom. The van der Waals surface area contributed by atoms with Gasteiger partial charge < -0.3 is 24.3 Å². The molecule has 0 radical (unpaired) electrons. The number of pyridine rings is 1. The van der Waals surface area contributed by atoms with Crippen molar-refractivity contribution in [1.82, 2.24) is 19.6 Å². The Morgan fingerprint density at radius 3 is 2.45 bits per heavy atom. The topological polar surface area (TPSA) is 140 Å². The third-order valence-corrected chi connectivity index (χ3v) is 7.70. The highest BCUT2D eigenvalue weighted by Crippen LogP contribution is 2.46. The molecule has 0 aliphatic rings. The Kier molecular flexibility index (Phi) is 9.42. The highest BCUT2D eigenvalue weighted by Gasteiger charge is 2.35. The van der Waals surface area contributed by atoms with Gasteiger partial charge in [0.05, 0.1) is 29.8 Å².